The van der Waals surface area contributed by atoms with Gasteiger partial charge in [-0.3, -0.25) is 10.4 Å². The summed E-state index contributed by atoms with van der Waals surface area (Å²) in [7, 11) is 2.14. The number of hydrogen-bond donors (Lipinski definition) is 2. The molecule has 18 heavy (non-hydrogen) atoms. The zero-order valence-corrected chi connectivity index (χ0v) is 11.9. The molecule has 0 saturated carbocycles. The highest BCUT2D eigenvalue weighted by Gasteiger charge is 2.23. The fourth-order valence-corrected chi connectivity index (χ4v) is 2.17. The van der Waals surface area contributed by atoms with E-state index >= 15 is 0 Å². The van der Waals surface area contributed by atoms with Crippen molar-refractivity contribution in [2.24, 2.45) is 10.8 Å². The normalized spacial score (nSPS) is 22.3. The molecule has 1 rings (SSSR count). The van der Waals surface area contributed by atoms with Crippen LogP contribution in [0.15, 0.2) is 4.99 Å². The lowest BCUT2D eigenvalue weighted by atomic mass is 10.2. The van der Waals surface area contributed by atoms with E-state index in [1.54, 1.807) is 0 Å². The summed E-state index contributed by atoms with van der Waals surface area (Å²) in [4.78, 5) is 9.08. The Kier molecular flexibility index (Phi) is 7.00. The first-order valence-corrected chi connectivity index (χ1v) is 6.73. The molecule has 0 aromatic heterocycles. The molecule has 1 fully saturated rings. The topological polar surface area (TPSA) is 66.1 Å². The molecule has 1 aliphatic heterocycles. The van der Waals surface area contributed by atoms with Gasteiger partial charge in [-0.05, 0) is 27.3 Å². The van der Waals surface area contributed by atoms with Gasteiger partial charge in [0.1, 0.15) is 0 Å². The maximum absolute atomic E-state index is 5.57. The van der Waals surface area contributed by atoms with Crippen LogP contribution in [0.1, 0.15) is 20.3 Å². The molecule has 106 valence electrons. The molecule has 0 radical (unpaired) electrons. The molecule has 3 N–H and O–H groups in total. The van der Waals surface area contributed by atoms with Crippen molar-refractivity contribution in [3.8, 4) is 0 Å². The van der Waals surface area contributed by atoms with Crippen LogP contribution in [0.2, 0.25) is 0 Å². The lowest BCUT2D eigenvalue weighted by molar-refractivity contribution is 0.145. The van der Waals surface area contributed by atoms with Crippen LogP contribution >= 0.6 is 0 Å². The second-order valence-electron chi connectivity index (χ2n) is 4.70. The maximum atomic E-state index is 5.57. The third kappa shape index (κ3) is 4.80. The van der Waals surface area contributed by atoms with E-state index in [9.17, 15) is 0 Å². The van der Waals surface area contributed by atoms with E-state index in [1.807, 2.05) is 6.92 Å². The van der Waals surface area contributed by atoms with Crippen molar-refractivity contribution in [1.82, 2.24) is 15.2 Å². The number of rotatable bonds is 5. The molecule has 1 heterocycles. The second kappa shape index (κ2) is 8.29. The van der Waals surface area contributed by atoms with E-state index in [2.05, 4.69) is 34.2 Å². The summed E-state index contributed by atoms with van der Waals surface area (Å²) in [5.41, 5.74) is 2.72. The molecule has 0 aromatic rings. The zero-order valence-electron chi connectivity index (χ0n) is 11.9. The molecule has 0 aromatic carbocycles. The highest BCUT2D eigenvalue weighted by atomic mass is 16.5. The fourth-order valence-electron chi connectivity index (χ4n) is 2.17. The Bertz CT molecular complexity index is 259. The van der Waals surface area contributed by atoms with Crippen LogP contribution in [0.3, 0.4) is 0 Å². The molecule has 0 bridgehead atoms. The van der Waals surface area contributed by atoms with Crippen molar-refractivity contribution in [2.45, 2.75) is 26.3 Å². The zero-order chi connectivity index (χ0) is 13.4. The van der Waals surface area contributed by atoms with Crippen LogP contribution in [0.25, 0.3) is 0 Å². The van der Waals surface area contributed by atoms with E-state index in [0.717, 1.165) is 51.8 Å². The van der Waals surface area contributed by atoms with Crippen LogP contribution in [0.5, 0.6) is 0 Å². The highest BCUT2D eigenvalue weighted by Crippen LogP contribution is 2.07. The minimum absolute atomic E-state index is 0.436. The number of nitrogens with zero attached hydrogens (tertiary/aromatic N) is 3. The first-order chi connectivity index (χ1) is 8.69. The summed E-state index contributed by atoms with van der Waals surface area (Å²) < 4.78 is 5.29. The van der Waals surface area contributed by atoms with Crippen LogP contribution in [0.4, 0.5) is 0 Å². The van der Waals surface area contributed by atoms with E-state index in [1.165, 1.54) is 0 Å². The van der Waals surface area contributed by atoms with Crippen molar-refractivity contribution < 1.29 is 4.74 Å². The van der Waals surface area contributed by atoms with Crippen molar-refractivity contribution in [1.29, 1.82) is 0 Å². The smallest absolute Gasteiger partial charge is 0.208 e. The highest BCUT2D eigenvalue weighted by molar-refractivity contribution is 5.79. The van der Waals surface area contributed by atoms with Crippen LogP contribution in [-0.2, 0) is 4.74 Å². The molecule has 6 heteroatoms. The number of aliphatic imine (C=N–C) groups is 1. The molecule has 0 spiro atoms. The van der Waals surface area contributed by atoms with Gasteiger partial charge in [0.2, 0.25) is 5.96 Å². The van der Waals surface area contributed by atoms with Gasteiger partial charge in [-0.2, -0.15) is 0 Å². The first-order valence-electron chi connectivity index (χ1n) is 6.73. The van der Waals surface area contributed by atoms with Gasteiger partial charge >= 0.3 is 0 Å². The summed E-state index contributed by atoms with van der Waals surface area (Å²) in [6.45, 7) is 9.52. The minimum atomic E-state index is 0.436. The average Bonchev–Trinajstić information content (AvgIpc) is 2.35. The Labute approximate surface area is 110 Å². The van der Waals surface area contributed by atoms with Gasteiger partial charge in [-0.25, -0.2) is 5.84 Å². The molecule has 0 aliphatic carbocycles. The molecule has 0 amide bonds. The first kappa shape index (κ1) is 15.2. The van der Waals surface area contributed by atoms with Crippen molar-refractivity contribution >= 4 is 5.96 Å². The molecule has 1 aliphatic rings. The largest absolute Gasteiger partial charge is 0.382 e. The Balaban J connectivity index is 2.41. The molecule has 1 atom stereocenters. The number of hydrazine groups is 1. The van der Waals surface area contributed by atoms with Gasteiger partial charge in [0.05, 0.1) is 0 Å². The molecular weight excluding hydrogens is 230 g/mol. The van der Waals surface area contributed by atoms with Gasteiger partial charge in [-0.1, -0.05) is 0 Å². The number of piperazine rings is 1. The summed E-state index contributed by atoms with van der Waals surface area (Å²) in [6, 6.07) is 0.436. The SMILES string of the molecule is CCOCCCN=C(NN)N1CCN(C)CC1C. The average molecular weight is 257 g/mol. The monoisotopic (exact) mass is 257 g/mol. The Morgan fingerprint density at radius 2 is 2.28 bits per heavy atom. The quantitative estimate of drug-likeness (QED) is 0.236. The Hall–Kier alpha value is -0.850. The van der Waals surface area contributed by atoms with Gasteiger partial charge < -0.3 is 14.5 Å². The van der Waals surface area contributed by atoms with Gasteiger partial charge in [0.25, 0.3) is 0 Å². The van der Waals surface area contributed by atoms with E-state index in [-0.39, 0.29) is 0 Å². The fraction of sp³-hybridized carbons (Fsp3) is 0.917. The molecule has 6 nitrogen and oxygen atoms in total. The van der Waals surface area contributed by atoms with Crippen molar-refractivity contribution in [3.63, 3.8) is 0 Å². The molecular formula is C12H27N5O. The van der Waals surface area contributed by atoms with Crippen LogP contribution < -0.4 is 11.3 Å². The number of ether oxygens (including phenoxy) is 1. The number of guanidine groups is 1. The van der Waals surface area contributed by atoms with Gasteiger partial charge in [0, 0.05) is 45.4 Å². The molecule has 1 unspecified atom stereocenters. The van der Waals surface area contributed by atoms with Crippen molar-refractivity contribution in [2.75, 3.05) is 46.4 Å². The van der Waals surface area contributed by atoms with E-state index < -0.39 is 0 Å². The van der Waals surface area contributed by atoms with Crippen LogP contribution in [-0.4, -0.2) is 68.2 Å². The summed E-state index contributed by atoms with van der Waals surface area (Å²) >= 11 is 0. The Morgan fingerprint density at radius 3 is 2.89 bits per heavy atom. The minimum Gasteiger partial charge on any atom is -0.382 e. The standard InChI is InChI=1S/C12H27N5O/c1-4-18-9-5-6-14-12(15-13)17-8-7-16(3)10-11(17)2/h11H,4-10,13H2,1-3H3,(H,14,15). The summed E-state index contributed by atoms with van der Waals surface area (Å²) in [5, 5.41) is 0. The molecule has 1 saturated heterocycles. The predicted octanol–water partition coefficient (Wildman–Crippen LogP) is -0.132. The number of nitrogens with two attached hydrogens (primary N) is 1. The summed E-state index contributed by atoms with van der Waals surface area (Å²) in [6.07, 6.45) is 0.932. The predicted molar refractivity (Wildman–Crippen MR) is 74.4 cm³/mol. The lowest BCUT2D eigenvalue weighted by Crippen LogP contribution is -2.57. The number of hydrogen-bond acceptors (Lipinski definition) is 4. The third-order valence-electron chi connectivity index (χ3n) is 3.14. The van der Waals surface area contributed by atoms with Gasteiger partial charge in [0.15, 0.2) is 0 Å². The lowest BCUT2D eigenvalue weighted by Gasteiger charge is -2.39. The third-order valence-corrected chi connectivity index (χ3v) is 3.14. The summed E-state index contributed by atoms with van der Waals surface area (Å²) in [5.74, 6) is 6.37. The second-order valence-corrected chi connectivity index (χ2v) is 4.70. The van der Waals surface area contributed by atoms with E-state index in [4.69, 9.17) is 10.6 Å². The van der Waals surface area contributed by atoms with Crippen LogP contribution in [0, 0.1) is 0 Å². The number of nitrogens with one attached hydrogen (secondary N) is 1. The maximum Gasteiger partial charge on any atom is 0.208 e. The van der Waals surface area contributed by atoms with E-state index in [0.29, 0.717) is 6.04 Å². The Morgan fingerprint density at radius 1 is 1.50 bits per heavy atom. The number of likely N-dealkylation sites (N-methyl/N-ethyl adjacent to an activating group) is 1. The van der Waals surface area contributed by atoms with Crippen molar-refractivity contribution in [3.05, 3.63) is 0 Å². The van der Waals surface area contributed by atoms with Gasteiger partial charge in [-0.15, -0.1) is 0 Å².